The third-order valence-electron chi connectivity index (χ3n) is 10.4. The normalized spacial score (nSPS) is 15.6. The molecular weight excluding hydrogens is 697 g/mol. The maximum Gasteiger partial charge on any atom is 0.256 e. The largest absolute Gasteiger partial charge is 0.497 e. The van der Waals surface area contributed by atoms with Gasteiger partial charge in [-0.3, -0.25) is 14.4 Å². The molecule has 55 heavy (non-hydrogen) atoms. The third-order valence-corrected chi connectivity index (χ3v) is 10.4. The Labute approximate surface area is 321 Å². The van der Waals surface area contributed by atoms with Gasteiger partial charge < -0.3 is 34.1 Å². The van der Waals surface area contributed by atoms with Crippen molar-refractivity contribution in [3.8, 4) is 11.5 Å². The summed E-state index contributed by atoms with van der Waals surface area (Å²) >= 11 is 0. The van der Waals surface area contributed by atoms with E-state index >= 15 is 0 Å². The monoisotopic (exact) mass is 746 g/mol. The number of aliphatic hydroxyl groups is 1. The summed E-state index contributed by atoms with van der Waals surface area (Å²) < 4.78 is 19.9. The van der Waals surface area contributed by atoms with Gasteiger partial charge in [-0.2, -0.15) is 0 Å². The van der Waals surface area contributed by atoms with Crippen molar-refractivity contribution in [3.63, 3.8) is 0 Å². The Morgan fingerprint density at radius 3 is 2.16 bits per heavy atom. The molecule has 1 aliphatic heterocycles. The molecule has 3 heterocycles. The van der Waals surface area contributed by atoms with Gasteiger partial charge in [-0.15, -0.1) is 0 Å². The molecule has 1 fully saturated rings. The third kappa shape index (κ3) is 8.58. The van der Waals surface area contributed by atoms with Crippen LogP contribution in [0.1, 0.15) is 71.8 Å². The molecule has 0 spiro atoms. The van der Waals surface area contributed by atoms with Crippen LogP contribution in [0.5, 0.6) is 11.5 Å². The maximum atomic E-state index is 14.1. The average Bonchev–Trinajstić information content (AvgIpc) is 3.62. The molecule has 2 atom stereocenters. The van der Waals surface area contributed by atoms with Crippen molar-refractivity contribution in [2.45, 2.75) is 76.9 Å². The van der Waals surface area contributed by atoms with Crippen molar-refractivity contribution in [3.05, 3.63) is 135 Å². The maximum absolute atomic E-state index is 14.1. The molecule has 288 valence electrons. The van der Waals surface area contributed by atoms with Crippen LogP contribution in [0.4, 0.5) is 0 Å². The topological polar surface area (TPSA) is 132 Å². The number of ether oxygens (including phenoxy) is 3. The molecule has 0 saturated carbocycles. The SMILES string of the molecule is CCn1cc(C(=O)NCCCCCC(=O)N2CC(O)CC2C(OCc2ccccc2)(c2ccc(OC)cc2)c2ccc(OC)cc2)c(=O)c2ccc(C)nc21. The van der Waals surface area contributed by atoms with Crippen LogP contribution in [0, 0.1) is 6.92 Å². The quantitative estimate of drug-likeness (QED) is 0.115. The zero-order valence-corrected chi connectivity index (χ0v) is 32.0. The first kappa shape index (κ1) is 39.2. The van der Waals surface area contributed by atoms with Gasteiger partial charge in [0.1, 0.15) is 28.3 Å². The first-order valence-electron chi connectivity index (χ1n) is 18.9. The standard InChI is InChI=1S/C44H50N4O7/c1-5-47-28-38(41(51)37-24-15-30(2)46-42(37)47)43(52)45-25-11-7-10-14-40(50)48-27-34(49)26-39(48)44(32-16-20-35(53-3)21-17-32,33-18-22-36(54-4)23-19-33)55-29-31-12-8-6-9-13-31/h6,8-9,12-13,15-24,28,34,39,49H,5,7,10-11,14,25-27,29H2,1-4H3,(H,45,52). The molecule has 2 N–H and O–H groups in total. The molecule has 0 aliphatic carbocycles. The molecule has 11 heteroatoms. The van der Waals surface area contributed by atoms with Crippen molar-refractivity contribution in [2.24, 2.45) is 0 Å². The molecule has 2 aromatic heterocycles. The van der Waals surface area contributed by atoms with Crippen LogP contribution in [-0.2, 0) is 28.3 Å². The predicted octanol–water partition coefficient (Wildman–Crippen LogP) is 6.15. The van der Waals surface area contributed by atoms with Crippen molar-refractivity contribution >= 4 is 22.8 Å². The van der Waals surface area contributed by atoms with Gasteiger partial charge in [0.2, 0.25) is 11.3 Å². The minimum atomic E-state index is -1.15. The number of carbonyl (C=O) groups is 2. The van der Waals surface area contributed by atoms with Crippen LogP contribution < -0.4 is 20.2 Å². The van der Waals surface area contributed by atoms with Crippen molar-refractivity contribution in [1.82, 2.24) is 19.8 Å². The fourth-order valence-corrected chi connectivity index (χ4v) is 7.52. The molecule has 0 bridgehead atoms. The highest BCUT2D eigenvalue weighted by Gasteiger charge is 2.51. The molecule has 3 aromatic carbocycles. The van der Waals surface area contributed by atoms with Crippen LogP contribution >= 0.6 is 0 Å². The highest BCUT2D eigenvalue weighted by atomic mass is 16.5. The highest BCUT2D eigenvalue weighted by molar-refractivity contribution is 5.96. The Morgan fingerprint density at radius 1 is 0.891 bits per heavy atom. The number of carbonyl (C=O) groups excluding carboxylic acids is 2. The van der Waals surface area contributed by atoms with Gasteiger partial charge in [0.25, 0.3) is 5.91 Å². The van der Waals surface area contributed by atoms with Crippen LogP contribution in [-0.4, -0.2) is 70.8 Å². The van der Waals surface area contributed by atoms with Crippen LogP contribution in [0.3, 0.4) is 0 Å². The zero-order valence-electron chi connectivity index (χ0n) is 32.0. The van der Waals surface area contributed by atoms with Gasteiger partial charge in [0, 0.05) is 37.9 Å². The van der Waals surface area contributed by atoms with Crippen molar-refractivity contribution in [1.29, 1.82) is 0 Å². The van der Waals surface area contributed by atoms with E-state index in [-0.39, 0.29) is 36.5 Å². The zero-order chi connectivity index (χ0) is 39.0. The van der Waals surface area contributed by atoms with E-state index in [9.17, 15) is 19.5 Å². The summed E-state index contributed by atoms with van der Waals surface area (Å²) in [7, 11) is 3.23. The molecule has 5 aromatic rings. The van der Waals surface area contributed by atoms with Crippen molar-refractivity contribution in [2.75, 3.05) is 27.3 Å². The van der Waals surface area contributed by atoms with E-state index in [0.29, 0.717) is 61.3 Å². The van der Waals surface area contributed by atoms with Crippen LogP contribution in [0.25, 0.3) is 11.0 Å². The first-order chi connectivity index (χ1) is 26.7. The number of methoxy groups -OCH3 is 2. The molecule has 0 radical (unpaired) electrons. The average molecular weight is 747 g/mol. The lowest BCUT2D eigenvalue weighted by molar-refractivity contribution is -0.141. The summed E-state index contributed by atoms with van der Waals surface area (Å²) in [5, 5.41) is 14.5. The first-order valence-corrected chi connectivity index (χ1v) is 18.9. The Morgan fingerprint density at radius 2 is 1.55 bits per heavy atom. The lowest BCUT2D eigenvalue weighted by atomic mass is 9.78. The number of unbranched alkanes of at least 4 members (excludes halogenated alkanes) is 2. The second-order valence-electron chi connectivity index (χ2n) is 14.0. The molecule has 2 unspecified atom stereocenters. The van der Waals surface area contributed by atoms with E-state index in [0.717, 1.165) is 22.4 Å². The Kier molecular flexibility index (Phi) is 12.6. The molecule has 11 nitrogen and oxygen atoms in total. The molecule has 1 saturated heterocycles. The van der Waals surface area contributed by atoms with Crippen LogP contribution in [0.2, 0.25) is 0 Å². The number of aliphatic hydroxyl groups excluding tert-OH is 1. The number of rotatable bonds is 16. The summed E-state index contributed by atoms with van der Waals surface area (Å²) in [5.74, 6) is 0.867. The summed E-state index contributed by atoms with van der Waals surface area (Å²) in [4.78, 5) is 46.7. The van der Waals surface area contributed by atoms with Gasteiger partial charge in [0.15, 0.2) is 0 Å². The summed E-state index contributed by atoms with van der Waals surface area (Å²) in [6, 6.07) is 28.2. The van der Waals surface area contributed by atoms with Gasteiger partial charge >= 0.3 is 0 Å². The lowest BCUT2D eigenvalue weighted by Gasteiger charge is -2.44. The van der Waals surface area contributed by atoms with Gasteiger partial charge in [0.05, 0.1) is 38.4 Å². The number of β-amino-alcohol motifs (C(OH)–C–C–N with tert-alkyl or cyclic N) is 1. The predicted molar refractivity (Wildman–Crippen MR) is 211 cm³/mol. The fourth-order valence-electron chi connectivity index (χ4n) is 7.52. The van der Waals surface area contributed by atoms with E-state index in [1.165, 1.54) is 0 Å². The number of hydrogen-bond donors (Lipinski definition) is 2. The van der Waals surface area contributed by atoms with Crippen molar-refractivity contribution < 1.29 is 28.9 Å². The fraction of sp³-hybridized carbons (Fsp3) is 0.364. The smallest absolute Gasteiger partial charge is 0.256 e. The lowest BCUT2D eigenvalue weighted by Crippen LogP contribution is -2.52. The summed E-state index contributed by atoms with van der Waals surface area (Å²) in [6.07, 6.45) is 3.30. The molecule has 1 aliphatic rings. The van der Waals surface area contributed by atoms with Gasteiger partial charge in [-0.05, 0) is 86.2 Å². The number of benzene rings is 3. The Balaban J connectivity index is 1.18. The summed E-state index contributed by atoms with van der Waals surface area (Å²) in [5.41, 5.74) is 2.57. The number of aromatic nitrogens is 2. The molecular formula is C44H50N4O7. The van der Waals surface area contributed by atoms with E-state index in [1.807, 2.05) is 97.3 Å². The number of nitrogens with one attached hydrogen (secondary N) is 1. The number of likely N-dealkylation sites (tertiary alicyclic amines) is 1. The number of amides is 2. The van der Waals surface area contributed by atoms with E-state index in [2.05, 4.69) is 10.3 Å². The van der Waals surface area contributed by atoms with Gasteiger partial charge in [-0.25, -0.2) is 4.98 Å². The van der Waals surface area contributed by atoms with E-state index in [4.69, 9.17) is 14.2 Å². The molecule has 6 rings (SSSR count). The highest BCUT2D eigenvalue weighted by Crippen LogP contribution is 2.45. The van der Waals surface area contributed by atoms with Gasteiger partial charge in [-0.1, -0.05) is 61.0 Å². The second-order valence-corrected chi connectivity index (χ2v) is 14.0. The minimum Gasteiger partial charge on any atom is -0.497 e. The number of nitrogens with zero attached hydrogens (tertiary/aromatic N) is 3. The number of pyridine rings is 2. The molecule has 2 amide bonds. The van der Waals surface area contributed by atoms with E-state index in [1.54, 1.807) is 37.4 Å². The summed E-state index contributed by atoms with van der Waals surface area (Å²) in [6.45, 7) is 5.18. The number of fused-ring (bicyclic) bond motifs is 1. The Bertz CT molecular complexity index is 2090. The minimum absolute atomic E-state index is 0.0829. The van der Waals surface area contributed by atoms with E-state index < -0.39 is 23.7 Å². The number of aryl methyl sites for hydroxylation is 2. The van der Waals surface area contributed by atoms with Crippen LogP contribution in [0.15, 0.2) is 102 Å². The Hall–Kier alpha value is -5.52. The number of hydrogen-bond acceptors (Lipinski definition) is 8. The second kappa shape index (κ2) is 17.7.